The van der Waals surface area contributed by atoms with Gasteiger partial charge in [0.1, 0.15) is 12.1 Å². The molecule has 1 aromatic heterocycles. The third-order valence-corrected chi connectivity index (χ3v) is 2.46. The Kier molecular flexibility index (Phi) is 2.80. The first kappa shape index (κ1) is 11.2. The van der Waals surface area contributed by atoms with Crippen molar-refractivity contribution in [2.75, 3.05) is 5.73 Å². The van der Waals surface area contributed by atoms with Gasteiger partial charge in [-0.1, -0.05) is 18.2 Å². The predicted molar refractivity (Wildman–Crippen MR) is 62.4 cm³/mol. The van der Waals surface area contributed by atoms with E-state index < -0.39 is 5.91 Å². The fourth-order valence-electron chi connectivity index (χ4n) is 1.62. The number of amides is 1. The maximum Gasteiger partial charge on any atom is 0.271 e. The van der Waals surface area contributed by atoms with E-state index in [4.69, 9.17) is 11.5 Å². The van der Waals surface area contributed by atoms with Crippen LogP contribution in [0.1, 0.15) is 16.1 Å². The Bertz CT molecular complexity index is 562. The average molecular weight is 232 g/mol. The smallest absolute Gasteiger partial charge is 0.271 e. The molecule has 1 aromatic carbocycles. The molecule has 2 aromatic rings. The van der Waals surface area contributed by atoms with Crippen LogP contribution in [0, 0.1) is 0 Å². The summed E-state index contributed by atoms with van der Waals surface area (Å²) < 4.78 is 1.52. The molecule has 0 fully saturated rings. The van der Waals surface area contributed by atoms with E-state index >= 15 is 0 Å². The number of anilines is 1. The maximum atomic E-state index is 11.0. The van der Waals surface area contributed by atoms with Crippen LogP contribution >= 0.6 is 0 Å². The summed E-state index contributed by atoms with van der Waals surface area (Å²) in [5, 5.41) is 9.22. The first-order valence-corrected chi connectivity index (χ1v) is 4.97. The van der Waals surface area contributed by atoms with Crippen LogP contribution in [0.2, 0.25) is 0 Å². The zero-order valence-electron chi connectivity index (χ0n) is 9.00. The molecule has 0 aliphatic heterocycles. The normalized spacial score (nSPS) is 10.4. The van der Waals surface area contributed by atoms with E-state index in [2.05, 4.69) is 4.98 Å². The standard InChI is InChI=1S/C11H12N4O2/c12-10-9(11(13)17)14-6-15(10)8-4-2-1-3-7(8)5-16/h1-4,6,16H,5,12H2,(H2,13,17). The number of nitrogens with zero attached hydrogens (tertiary/aromatic N) is 2. The molecule has 0 aliphatic carbocycles. The molecule has 0 bridgehead atoms. The summed E-state index contributed by atoms with van der Waals surface area (Å²) in [5.41, 5.74) is 12.3. The molecule has 0 unspecified atom stereocenters. The van der Waals surface area contributed by atoms with Gasteiger partial charge in [-0.3, -0.25) is 9.36 Å². The Balaban J connectivity index is 2.57. The topological polar surface area (TPSA) is 107 Å². The fourth-order valence-corrected chi connectivity index (χ4v) is 1.62. The number of hydrogen-bond donors (Lipinski definition) is 3. The quantitative estimate of drug-likeness (QED) is 0.694. The van der Waals surface area contributed by atoms with Crippen molar-refractivity contribution in [1.29, 1.82) is 0 Å². The van der Waals surface area contributed by atoms with Gasteiger partial charge < -0.3 is 16.6 Å². The highest BCUT2D eigenvalue weighted by atomic mass is 16.3. The molecule has 0 saturated carbocycles. The first-order valence-electron chi connectivity index (χ1n) is 4.97. The van der Waals surface area contributed by atoms with Gasteiger partial charge in [0.15, 0.2) is 5.69 Å². The minimum absolute atomic E-state index is 0.0257. The van der Waals surface area contributed by atoms with Crippen molar-refractivity contribution in [3.63, 3.8) is 0 Å². The second-order valence-electron chi connectivity index (χ2n) is 3.50. The van der Waals surface area contributed by atoms with Crippen LogP contribution in [0.25, 0.3) is 5.69 Å². The average Bonchev–Trinajstić information content (AvgIpc) is 2.71. The number of primary amides is 1. The van der Waals surface area contributed by atoms with Crippen LogP contribution in [-0.4, -0.2) is 20.6 Å². The summed E-state index contributed by atoms with van der Waals surface area (Å²) in [6, 6.07) is 7.14. The Morgan fingerprint density at radius 1 is 1.41 bits per heavy atom. The molecule has 5 N–H and O–H groups in total. The van der Waals surface area contributed by atoms with Crippen molar-refractivity contribution >= 4 is 11.7 Å². The monoisotopic (exact) mass is 232 g/mol. The van der Waals surface area contributed by atoms with Crippen LogP contribution in [-0.2, 0) is 6.61 Å². The number of aromatic nitrogens is 2. The van der Waals surface area contributed by atoms with Crippen LogP contribution in [0.3, 0.4) is 0 Å². The second-order valence-corrected chi connectivity index (χ2v) is 3.50. The molecule has 0 atom stereocenters. The number of benzene rings is 1. The molecule has 17 heavy (non-hydrogen) atoms. The summed E-state index contributed by atoms with van der Waals surface area (Å²) in [5.74, 6) is -0.513. The largest absolute Gasteiger partial charge is 0.392 e. The third kappa shape index (κ3) is 1.85. The van der Waals surface area contributed by atoms with Gasteiger partial charge >= 0.3 is 0 Å². The van der Waals surface area contributed by atoms with Crippen LogP contribution in [0.5, 0.6) is 0 Å². The molecule has 1 amide bonds. The number of aliphatic hydroxyl groups excluding tert-OH is 1. The van der Waals surface area contributed by atoms with Gasteiger partial charge in [-0.25, -0.2) is 4.98 Å². The van der Waals surface area contributed by atoms with Crippen molar-refractivity contribution in [2.24, 2.45) is 5.73 Å². The lowest BCUT2D eigenvalue weighted by atomic mass is 10.2. The van der Waals surface area contributed by atoms with Crippen LogP contribution in [0.4, 0.5) is 5.82 Å². The van der Waals surface area contributed by atoms with Crippen LogP contribution in [0.15, 0.2) is 30.6 Å². The molecular weight excluding hydrogens is 220 g/mol. The van der Waals surface area contributed by atoms with Crippen molar-refractivity contribution in [2.45, 2.75) is 6.61 Å². The number of hydrogen-bond acceptors (Lipinski definition) is 4. The van der Waals surface area contributed by atoms with Crippen molar-refractivity contribution in [3.05, 3.63) is 41.9 Å². The van der Waals surface area contributed by atoms with E-state index in [9.17, 15) is 9.90 Å². The second kappa shape index (κ2) is 4.26. The number of nitrogens with two attached hydrogens (primary N) is 2. The summed E-state index contributed by atoms with van der Waals surface area (Å²) >= 11 is 0. The molecule has 0 saturated heterocycles. The van der Waals surface area contributed by atoms with E-state index in [1.807, 2.05) is 0 Å². The zero-order chi connectivity index (χ0) is 12.4. The molecule has 1 heterocycles. The SMILES string of the molecule is NC(=O)c1ncn(-c2ccccc2CO)c1N. The Morgan fingerprint density at radius 2 is 2.12 bits per heavy atom. The van der Waals surface area contributed by atoms with E-state index in [-0.39, 0.29) is 18.1 Å². The zero-order valence-corrected chi connectivity index (χ0v) is 9.00. The highest BCUT2D eigenvalue weighted by Gasteiger charge is 2.14. The summed E-state index contributed by atoms with van der Waals surface area (Å²) in [6.45, 7) is -0.125. The molecule has 6 heteroatoms. The molecule has 88 valence electrons. The molecule has 0 radical (unpaired) electrons. The number of aliphatic hydroxyl groups is 1. The lowest BCUT2D eigenvalue weighted by Gasteiger charge is -2.09. The molecule has 6 nitrogen and oxygen atoms in total. The van der Waals surface area contributed by atoms with Crippen molar-refractivity contribution in [1.82, 2.24) is 9.55 Å². The lowest BCUT2D eigenvalue weighted by molar-refractivity contribution is 0.0997. The Hall–Kier alpha value is -2.34. The van der Waals surface area contributed by atoms with Crippen molar-refractivity contribution < 1.29 is 9.90 Å². The lowest BCUT2D eigenvalue weighted by Crippen LogP contribution is -2.14. The van der Waals surface area contributed by atoms with Crippen molar-refractivity contribution in [3.8, 4) is 5.69 Å². The van der Waals surface area contributed by atoms with Gasteiger partial charge in [0.05, 0.1) is 12.3 Å². The Morgan fingerprint density at radius 3 is 2.71 bits per heavy atom. The molecule has 2 rings (SSSR count). The predicted octanol–water partition coefficient (Wildman–Crippen LogP) is 0.0457. The minimum atomic E-state index is -0.678. The first-order chi connectivity index (χ1) is 8.15. The number of para-hydroxylation sites is 1. The van der Waals surface area contributed by atoms with E-state index in [0.717, 1.165) is 0 Å². The van der Waals surface area contributed by atoms with Gasteiger partial charge in [-0.05, 0) is 6.07 Å². The number of carbonyl (C=O) groups excluding carboxylic acids is 1. The summed E-state index contributed by atoms with van der Waals surface area (Å²) in [6.07, 6.45) is 1.41. The maximum absolute atomic E-state index is 11.0. The van der Waals surface area contributed by atoms with Gasteiger partial charge in [-0.2, -0.15) is 0 Å². The van der Waals surface area contributed by atoms with Gasteiger partial charge in [0, 0.05) is 5.56 Å². The molecular formula is C11H12N4O2. The number of imidazole rings is 1. The summed E-state index contributed by atoms with van der Waals surface area (Å²) in [4.78, 5) is 14.9. The van der Waals surface area contributed by atoms with Crippen LogP contribution < -0.4 is 11.5 Å². The molecule has 0 spiro atoms. The highest BCUT2D eigenvalue weighted by Crippen LogP contribution is 2.20. The van der Waals surface area contributed by atoms with Gasteiger partial charge in [0.2, 0.25) is 0 Å². The van der Waals surface area contributed by atoms with E-state index in [1.165, 1.54) is 10.9 Å². The number of carbonyl (C=O) groups is 1. The minimum Gasteiger partial charge on any atom is -0.392 e. The number of rotatable bonds is 3. The third-order valence-electron chi connectivity index (χ3n) is 2.46. The Labute approximate surface area is 97.5 Å². The summed E-state index contributed by atoms with van der Waals surface area (Å²) in [7, 11) is 0. The highest BCUT2D eigenvalue weighted by molar-refractivity contribution is 5.95. The van der Waals surface area contributed by atoms with Gasteiger partial charge in [-0.15, -0.1) is 0 Å². The van der Waals surface area contributed by atoms with E-state index in [0.29, 0.717) is 11.3 Å². The van der Waals surface area contributed by atoms with E-state index in [1.54, 1.807) is 24.3 Å². The number of nitrogen functional groups attached to an aromatic ring is 1. The van der Waals surface area contributed by atoms with Gasteiger partial charge in [0.25, 0.3) is 5.91 Å². The molecule has 0 aliphatic rings. The fraction of sp³-hybridized carbons (Fsp3) is 0.0909.